The fourth-order valence-corrected chi connectivity index (χ4v) is 2.80. The maximum atomic E-state index is 12.4. The summed E-state index contributed by atoms with van der Waals surface area (Å²) in [5, 5.41) is 7.75. The summed E-state index contributed by atoms with van der Waals surface area (Å²) >= 11 is 3.33. The quantitative estimate of drug-likeness (QED) is 0.699. The number of aromatic nitrogens is 3. The lowest BCUT2D eigenvalue weighted by atomic mass is 10.2. The fraction of sp³-hybridized carbons (Fsp3) is 0.125. The van der Waals surface area contributed by atoms with Crippen molar-refractivity contribution in [3.8, 4) is 0 Å². The average molecular weight is 388 g/mol. The maximum absolute atomic E-state index is 12.4. The minimum atomic E-state index is -0.564. The van der Waals surface area contributed by atoms with Gasteiger partial charge in [-0.15, -0.1) is 0 Å². The lowest BCUT2D eigenvalue weighted by Gasteiger charge is -2.16. The summed E-state index contributed by atoms with van der Waals surface area (Å²) in [5.74, 6) is 0. The molecule has 24 heavy (non-hydrogen) atoms. The van der Waals surface area contributed by atoms with Crippen molar-refractivity contribution in [3.05, 3.63) is 46.7 Å². The van der Waals surface area contributed by atoms with Crippen LogP contribution in [0.4, 0.5) is 16.2 Å². The van der Waals surface area contributed by atoms with Gasteiger partial charge in [0.2, 0.25) is 6.41 Å². The van der Waals surface area contributed by atoms with Crippen LogP contribution in [-0.4, -0.2) is 27.2 Å². The highest BCUT2D eigenvalue weighted by atomic mass is 79.9. The zero-order chi connectivity index (χ0) is 17.3. The molecular weight excluding hydrogens is 374 g/mol. The van der Waals surface area contributed by atoms with E-state index in [-0.39, 0.29) is 0 Å². The summed E-state index contributed by atoms with van der Waals surface area (Å²) in [7, 11) is 1.79. The van der Waals surface area contributed by atoms with Gasteiger partial charge in [0.05, 0.1) is 17.6 Å². The number of nitrogens with zero attached hydrogens (tertiary/aromatic N) is 4. The molecule has 0 bridgehead atoms. The summed E-state index contributed by atoms with van der Waals surface area (Å²) in [6.07, 6.45) is 1.93. The van der Waals surface area contributed by atoms with Crippen molar-refractivity contribution < 1.29 is 9.59 Å². The van der Waals surface area contributed by atoms with Gasteiger partial charge in [0.15, 0.2) is 5.65 Å². The molecule has 122 valence electrons. The van der Waals surface area contributed by atoms with Crippen molar-refractivity contribution in [2.45, 2.75) is 6.92 Å². The number of amides is 3. The van der Waals surface area contributed by atoms with Gasteiger partial charge in [0.25, 0.3) is 0 Å². The van der Waals surface area contributed by atoms with E-state index in [0.717, 1.165) is 20.5 Å². The van der Waals surface area contributed by atoms with E-state index in [1.165, 1.54) is 6.20 Å². The molecule has 0 saturated heterocycles. The van der Waals surface area contributed by atoms with Crippen LogP contribution in [0.25, 0.3) is 11.0 Å². The molecule has 1 N–H and O–H groups in total. The van der Waals surface area contributed by atoms with Crippen molar-refractivity contribution in [1.82, 2.24) is 14.8 Å². The molecule has 0 radical (unpaired) electrons. The van der Waals surface area contributed by atoms with Crippen LogP contribution in [0, 0.1) is 6.92 Å². The highest BCUT2D eigenvalue weighted by Gasteiger charge is 2.17. The van der Waals surface area contributed by atoms with Crippen molar-refractivity contribution in [2.75, 3.05) is 10.2 Å². The number of hydrogen-bond acceptors (Lipinski definition) is 4. The van der Waals surface area contributed by atoms with Crippen LogP contribution < -0.4 is 10.2 Å². The number of hydrogen-bond donors (Lipinski definition) is 1. The number of anilines is 2. The number of nitrogens with one attached hydrogen (secondary N) is 1. The molecule has 3 aromatic rings. The zero-order valence-electron chi connectivity index (χ0n) is 13.0. The Morgan fingerprint density at radius 1 is 1.38 bits per heavy atom. The molecule has 2 heterocycles. The molecule has 0 unspecified atom stereocenters. The molecule has 0 fully saturated rings. The second kappa shape index (κ2) is 6.40. The van der Waals surface area contributed by atoms with E-state index in [0.29, 0.717) is 23.4 Å². The van der Waals surface area contributed by atoms with Crippen LogP contribution >= 0.6 is 15.9 Å². The van der Waals surface area contributed by atoms with E-state index in [1.54, 1.807) is 36.0 Å². The number of imide groups is 1. The predicted octanol–water partition coefficient (Wildman–Crippen LogP) is 3.23. The molecule has 7 nitrogen and oxygen atoms in total. The third-order valence-electron chi connectivity index (χ3n) is 3.53. The molecule has 3 rings (SSSR count). The van der Waals surface area contributed by atoms with E-state index < -0.39 is 6.03 Å². The van der Waals surface area contributed by atoms with Crippen LogP contribution in [0.15, 0.2) is 41.0 Å². The van der Waals surface area contributed by atoms with Gasteiger partial charge in [0, 0.05) is 22.6 Å². The highest BCUT2D eigenvalue weighted by molar-refractivity contribution is 9.10. The Hall–Kier alpha value is -2.74. The molecule has 3 amide bonds. The Bertz CT molecular complexity index is 937. The topological polar surface area (TPSA) is 80.1 Å². The largest absolute Gasteiger partial charge is 0.333 e. The number of carbonyl (C=O) groups excluding carboxylic acids is 2. The summed E-state index contributed by atoms with van der Waals surface area (Å²) in [6.45, 7) is 1.85. The lowest BCUT2D eigenvalue weighted by molar-refractivity contribution is -0.106. The van der Waals surface area contributed by atoms with Gasteiger partial charge in [0.1, 0.15) is 0 Å². The number of fused-ring (bicyclic) bond motifs is 1. The van der Waals surface area contributed by atoms with E-state index in [1.807, 2.05) is 13.0 Å². The highest BCUT2D eigenvalue weighted by Crippen LogP contribution is 2.22. The first-order valence-corrected chi connectivity index (χ1v) is 7.89. The van der Waals surface area contributed by atoms with Crippen LogP contribution in [0.3, 0.4) is 0 Å². The van der Waals surface area contributed by atoms with Gasteiger partial charge in [-0.3, -0.25) is 9.48 Å². The maximum Gasteiger partial charge on any atom is 0.333 e. The van der Waals surface area contributed by atoms with Gasteiger partial charge in [-0.25, -0.2) is 14.7 Å². The molecule has 0 aliphatic heterocycles. The lowest BCUT2D eigenvalue weighted by Crippen LogP contribution is -2.33. The fourth-order valence-electron chi connectivity index (χ4n) is 2.40. The molecule has 8 heteroatoms. The minimum absolute atomic E-state index is 0.376. The minimum Gasteiger partial charge on any atom is -0.307 e. The number of benzene rings is 1. The predicted molar refractivity (Wildman–Crippen MR) is 94.9 cm³/mol. The first-order valence-electron chi connectivity index (χ1n) is 7.10. The van der Waals surface area contributed by atoms with Crippen LogP contribution in [-0.2, 0) is 11.8 Å². The van der Waals surface area contributed by atoms with Gasteiger partial charge in [-0.05, 0) is 31.2 Å². The Kier molecular flexibility index (Phi) is 4.30. The third kappa shape index (κ3) is 3.00. The van der Waals surface area contributed by atoms with Gasteiger partial charge < -0.3 is 5.32 Å². The molecule has 0 saturated carbocycles. The Morgan fingerprint density at radius 3 is 2.88 bits per heavy atom. The molecule has 1 aromatic carbocycles. The smallest absolute Gasteiger partial charge is 0.307 e. The van der Waals surface area contributed by atoms with Crippen molar-refractivity contribution in [3.63, 3.8) is 0 Å². The van der Waals surface area contributed by atoms with Gasteiger partial charge in [-0.1, -0.05) is 22.0 Å². The monoisotopic (exact) mass is 387 g/mol. The molecule has 0 spiro atoms. The van der Waals surface area contributed by atoms with E-state index in [4.69, 9.17) is 0 Å². The first-order chi connectivity index (χ1) is 11.5. The van der Waals surface area contributed by atoms with Crippen molar-refractivity contribution in [2.24, 2.45) is 7.05 Å². The van der Waals surface area contributed by atoms with Crippen molar-refractivity contribution in [1.29, 1.82) is 0 Å². The van der Waals surface area contributed by atoms with E-state index in [2.05, 4.69) is 31.3 Å². The summed E-state index contributed by atoms with van der Waals surface area (Å²) in [5.41, 5.74) is 2.42. The summed E-state index contributed by atoms with van der Waals surface area (Å²) in [4.78, 5) is 29.1. The number of halogens is 1. The van der Waals surface area contributed by atoms with E-state index in [9.17, 15) is 9.59 Å². The van der Waals surface area contributed by atoms with Crippen molar-refractivity contribution >= 4 is 50.8 Å². The van der Waals surface area contributed by atoms with Gasteiger partial charge in [-0.2, -0.15) is 5.10 Å². The molecule has 0 aliphatic carbocycles. The molecule has 0 atom stereocenters. The first kappa shape index (κ1) is 16.1. The van der Waals surface area contributed by atoms with Crippen LogP contribution in [0.1, 0.15) is 5.69 Å². The number of pyridine rings is 1. The van der Waals surface area contributed by atoms with Crippen LogP contribution in [0.2, 0.25) is 0 Å². The molecular formula is C16H14BrN5O2. The Morgan fingerprint density at radius 2 is 2.17 bits per heavy atom. The summed E-state index contributed by atoms with van der Waals surface area (Å²) in [6, 6.07) is 8.27. The Labute approximate surface area is 146 Å². The number of urea groups is 1. The van der Waals surface area contributed by atoms with E-state index >= 15 is 0 Å². The summed E-state index contributed by atoms with van der Waals surface area (Å²) < 4.78 is 2.48. The molecule has 2 aromatic heterocycles. The zero-order valence-corrected chi connectivity index (χ0v) is 14.6. The standard InChI is InChI=1S/C16H14BrN5O2/c1-10-14-7-13(8-18-15(14)21(2)20-10)22(9-23)16(24)19-12-5-3-4-11(17)6-12/h3-9H,1-2H3,(H,19,24). The Balaban J connectivity index is 1.92. The number of carbonyl (C=O) groups is 2. The number of rotatable bonds is 3. The number of aryl methyl sites for hydroxylation is 2. The average Bonchev–Trinajstić information content (AvgIpc) is 2.82. The third-order valence-corrected chi connectivity index (χ3v) is 4.02. The second-order valence-corrected chi connectivity index (χ2v) is 6.11. The SMILES string of the molecule is Cc1nn(C)c2ncc(N(C=O)C(=O)Nc3cccc(Br)c3)cc12. The van der Waals surface area contributed by atoms with Gasteiger partial charge >= 0.3 is 6.03 Å². The molecule has 0 aliphatic rings. The second-order valence-electron chi connectivity index (χ2n) is 5.19. The van der Waals surface area contributed by atoms with Crippen LogP contribution in [0.5, 0.6) is 0 Å². The normalized spacial score (nSPS) is 10.6.